The van der Waals surface area contributed by atoms with Crippen molar-refractivity contribution in [1.29, 1.82) is 0 Å². The first kappa shape index (κ1) is 22.7. The van der Waals surface area contributed by atoms with E-state index in [4.69, 9.17) is 16.3 Å². The van der Waals surface area contributed by atoms with Gasteiger partial charge in [-0.1, -0.05) is 42.8 Å². The Labute approximate surface area is 177 Å². The number of anilines is 1. The Balaban J connectivity index is 1.84. The van der Waals surface area contributed by atoms with Gasteiger partial charge in [0.25, 0.3) is 0 Å². The minimum absolute atomic E-state index is 0.0582. The van der Waals surface area contributed by atoms with E-state index in [0.29, 0.717) is 16.5 Å². The van der Waals surface area contributed by atoms with Gasteiger partial charge in [-0.3, -0.25) is 14.5 Å². The molecule has 7 heteroatoms. The third kappa shape index (κ3) is 7.07. The second kappa shape index (κ2) is 10.8. The lowest BCUT2D eigenvalue weighted by Crippen LogP contribution is -2.39. The number of hydrogen-bond donors (Lipinski definition) is 2. The summed E-state index contributed by atoms with van der Waals surface area (Å²) >= 11 is 5.98. The molecular weight excluding hydrogens is 390 g/mol. The molecule has 0 fully saturated rings. The molecule has 0 heterocycles. The van der Waals surface area contributed by atoms with Crippen LogP contribution in [-0.4, -0.2) is 44.0 Å². The maximum absolute atomic E-state index is 12.3. The van der Waals surface area contributed by atoms with Crippen molar-refractivity contribution in [1.82, 2.24) is 10.2 Å². The van der Waals surface area contributed by atoms with Crippen molar-refractivity contribution in [3.63, 3.8) is 0 Å². The molecule has 2 N–H and O–H groups in total. The van der Waals surface area contributed by atoms with Gasteiger partial charge in [0, 0.05) is 5.02 Å². The number of carbonyl (C=O) groups excluding carboxylic acids is 2. The van der Waals surface area contributed by atoms with E-state index < -0.39 is 0 Å². The minimum Gasteiger partial charge on any atom is -0.495 e. The van der Waals surface area contributed by atoms with Crippen LogP contribution in [0.5, 0.6) is 5.75 Å². The molecule has 0 spiro atoms. The Morgan fingerprint density at radius 1 is 1.10 bits per heavy atom. The summed E-state index contributed by atoms with van der Waals surface area (Å²) in [4.78, 5) is 26.3. The summed E-state index contributed by atoms with van der Waals surface area (Å²) in [5.41, 5.74) is 2.80. The summed E-state index contributed by atoms with van der Waals surface area (Å²) in [5, 5.41) is 6.22. The highest BCUT2D eigenvalue weighted by molar-refractivity contribution is 6.31. The standard InChI is InChI=1S/C22H28ClN3O3/c1-5-16-6-8-17(9-7-16)15(2)24-21(27)13-26(3)14-22(28)25-19-12-18(23)10-11-20(19)29-4/h6-12,15H,5,13-14H2,1-4H3,(H,24,27)(H,25,28)/t15-/m1/s1. The fourth-order valence-electron chi connectivity index (χ4n) is 2.93. The number of amides is 2. The SMILES string of the molecule is CCc1ccc([C@@H](C)NC(=O)CN(C)CC(=O)Nc2cc(Cl)ccc2OC)cc1. The Kier molecular flexibility index (Phi) is 8.49. The molecule has 156 valence electrons. The van der Waals surface area contributed by atoms with Crippen LogP contribution in [-0.2, 0) is 16.0 Å². The Morgan fingerprint density at radius 3 is 2.38 bits per heavy atom. The molecule has 0 saturated carbocycles. The zero-order chi connectivity index (χ0) is 21.4. The predicted molar refractivity (Wildman–Crippen MR) is 117 cm³/mol. The number of nitrogens with zero attached hydrogens (tertiary/aromatic N) is 1. The van der Waals surface area contributed by atoms with Crippen LogP contribution in [0.3, 0.4) is 0 Å². The van der Waals surface area contributed by atoms with Crippen molar-refractivity contribution in [3.8, 4) is 5.75 Å². The van der Waals surface area contributed by atoms with Gasteiger partial charge in [-0.25, -0.2) is 0 Å². The number of methoxy groups -OCH3 is 1. The normalized spacial score (nSPS) is 11.8. The highest BCUT2D eigenvalue weighted by Gasteiger charge is 2.15. The van der Waals surface area contributed by atoms with E-state index in [2.05, 4.69) is 29.7 Å². The number of rotatable bonds is 9. The number of nitrogens with one attached hydrogen (secondary N) is 2. The van der Waals surface area contributed by atoms with Crippen LogP contribution in [0.15, 0.2) is 42.5 Å². The molecule has 0 radical (unpaired) electrons. The van der Waals surface area contributed by atoms with Gasteiger partial charge in [0.15, 0.2) is 0 Å². The predicted octanol–water partition coefficient (Wildman–Crippen LogP) is 3.66. The third-order valence-electron chi connectivity index (χ3n) is 4.53. The van der Waals surface area contributed by atoms with Gasteiger partial charge in [-0.15, -0.1) is 0 Å². The fourth-order valence-corrected chi connectivity index (χ4v) is 3.10. The molecule has 0 bridgehead atoms. The first-order chi connectivity index (χ1) is 13.8. The van der Waals surface area contributed by atoms with Crippen molar-refractivity contribution in [2.24, 2.45) is 0 Å². The van der Waals surface area contributed by atoms with E-state index in [1.54, 1.807) is 30.1 Å². The number of ether oxygens (including phenoxy) is 1. The summed E-state index contributed by atoms with van der Waals surface area (Å²) < 4.78 is 5.22. The number of carbonyl (C=O) groups is 2. The molecule has 0 unspecified atom stereocenters. The van der Waals surface area contributed by atoms with Crippen LogP contribution >= 0.6 is 11.6 Å². The Bertz CT molecular complexity index is 840. The second-order valence-electron chi connectivity index (χ2n) is 6.95. The summed E-state index contributed by atoms with van der Waals surface area (Å²) in [5.74, 6) is 0.114. The van der Waals surface area contributed by atoms with Crippen LogP contribution in [0, 0.1) is 0 Å². The van der Waals surface area contributed by atoms with E-state index in [1.165, 1.54) is 12.7 Å². The van der Waals surface area contributed by atoms with Gasteiger partial charge in [0.2, 0.25) is 11.8 Å². The van der Waals surface area contributed by atoms with Gasteiger partial charge in [0.1, 0.15) is 5.75 Å². The van der Waals surface area contributed by atoms with E-state index in [9.17, 15) is 9.59 Å². The summed E-state index contributed by atoms with van der Waals surface area (Å²) in [6.07, 6.45) is 0.981. The number of aryl methyl sites for hydroxylation is 1. The van der Waals surface area contributed by atoms with Crippen LogP contribution < -0.4 is 15.4 Å². The van der Waals surface area contributed by atoms with Crippen molar-refractivity contribution in [3.05, 3.63) is 58.6 Å². The minimum atomic E-state index is -0.260. The first-order valence-corrected chi connectivity index (χ1v) is 9.90. The van der Waals surface area contributed by atoms with Crippen molar-refractivity contribution < 1.29 is 14.3 Å². The molecule has 0 aromatic heterocycles. The number of benzene rings is 2. The van der Waals surface area contributed by atoms with Crippen LogP contribution in [0.1, 0.15) is 31.0 Å². The van der Waals surface area contributed by atoms with Crippen LogP contribution in [0.25, 0.3) is 0 Å². The molecule has 0 aliphatic rings. The fraction of sp³-hybridized carbons (Fsp3) is 0.364. The quantitative estimate of drug-likeness (QED) is 0.653. The zero-order valence-corrected chi connectivity index (χ0v) is 18.0. The largest absolute Gasteiger partial charge is 0.495 e. The summed E-state index contributed by atoms with van der Waals surface area (Å²) in [7, 11) is 3.24. The van der Waals surface area contributed by atoms with Gasteiger partial charge < -0.3 is 15.4 Å². The molecule has 2 amide bonds. The van der Waals surface area contributed by atoms with Gasteiger partial charge in [-0.05, 0) is 49.7 Å². The molecule has 2 aromatic carbocycles. The molecule has 2 rings (SSSR count). The molecule has 1 atom stereocenters. The van der Waals surface area contributed by atoms with E-state index in [1.807, 2.05) is 19.1 Å². The molecule has 0 aliphatic carbocycles. The van der Waals surface area contributed by atoms with Crippen LogP contribution in [0.2, 0.25) is 5.02 Å². The molecule has 29 heavy (non-hydrogen) atoms. The second-order valence-corrected chi connectivity index (χ2v) is 7.39. The Morgan fingerprint density at radius 2 is 1.76 bits per heavy atom. The average molecular weight is 418 g/mol. The summed E-state index contributed by atoms with van der Waals surface area (Å²) in [6, 6.07) is 13.1. The topological polar surface area (TPSA) is 70.7 Å². The Hall–Kier alpha value is -2.57. The van der Waals surface area contributed by atoms with Crippen LogP contribution in [0.4, 0.5) is 5.69 Å². The zero-order valence-electron chi connectivity index (χ0n) is 17.3. The highest BCUT2D eigenvalue weighted by Crippen LogP contribution is 2.27. The van der Waals surface area contributed by atoms with Gasteiger partial charge in [-0.2, -0.15) is 0 Å². The smallest absolute Gasteiger partial charge is 0.238 e. The number of likely N-dealkylation sites (N-methyl/N-ethyl adjacent to an activating group) is 1. The molecule has 2 aromatic rings. The molecule has 6 nitrogen and oxygen atoms in total. The number of hydrogen-bond acceptors (Lipinski definition) is 4. The monoisotopic (exact) mass is 417 g/mol. The number of halogens is 1. The van der Waals surface area contributed by atoms with Crippen molar-refractivity contribution in [2.75, 3.05) is 32.6 Å². The maximum Gasteiger partial charge on any atom is 0.238 e. The van der Waals surface area contributed by atoms with Crippen molar-refractivity contribution >= 4 is 29.1 Å². The molecule has 0 saturated heterocycles. The molecular formula is C22H28ClN3O3. The average Bonchev–Trinajstić information content (AvgIpc) is 2.67. The van der Waals surface area contributed by atoms with Gasteiger partial charge in [0.05, 0.1) is 31.9 Å². The third-order valence-corrected chi connectivity index (χ3v) is 4.76. The van der Waals surface area contributed by atoms with E-state index >= 15 is 0 Å². The lowest BCUT2D eigenvalue weighted by molar-refractivity contribution is -0.123. The lowest BCUT2D eigenvalue weighted by Gasteiger charge is -2.19. The maximum atomic E-state index is 12.3. The summed E-state index contributed by atoms with van der Waals surface area (Å²) in [6.45, 7) is 4.21. The van der Waals surface area contributed by atoms with Crippen molar-refractivity contribution in [2.45, 2.75) is 26.3 Å². The van der Waals surface area contributed by atoms with E-state index in [0.717, 1.165) is 12.0 Å². The first-order valence-electron chi connectivity index (χ1n) is 9.52. The molecule has 0 aliphatic heterocycles. The lowest BCUT2D eigenvalue weighted by atomic mass is 10.1. The van der Waals surface area contributed by atoms with E-state index in [-0.39, 0.29) is 30.9 Å². The van der Waals surface area contributed by atoms with Gasteiger partial charge >= 0.3 is 0 Å². The highest BCUT2D eigenvalue weighted by atomic mass is 35.5.